The van der Waals surface area contributed by atoms with Gasteiger partial charge in [0.2, 0.25) is 0 Å². The van der Waals surface area contributed by atoms with Crippen LogP contribution in [0.3, 0.4) is 0 Å². The van der Waals surface area contributed by atoms with Gasteiger partial charge in [0.05, 0.1) is 13.1 Å². The van der Waals surface area contributed by atoms with E-state index >= 15 is 0 Å². The lowest BCUT2D eigenvalue weighted by Crippen LogP contribution is -3.00. The summed E-state index contributed by atoms with van der Waals surface area (Å²) in [6.07, 6.45) is 70.3. The Balaban J connectivity index is -0.000000466. The maximum atomic E-state index is 3.91. The van der Waals surface area contributed by atoms with Crippen molar-refractivity contribution in [3.8, 4) is 0 Å². The molecule has 0 aromatic carbocycles. The van der Waals surface area contributed by atoms with Crippen LogP contribution < -0.4 is 36.3 Å². The second-order valence-corrected chi connectivity index (χ2v) is 18.0. The molecule has 0 saturated carbocycles. The van der Waals surface area contributed by atoms with Crippen molar-refractivity contribution in [2.75, 3.05) is 13.1 Å². The summed E-state index contributed by atoms with van der Waals surface area (Å²) in [5, 5.41) is 0. The molecule has 0 unspecified atom stereocenters. The van der Waals surface area contributed by atoms with Crippen molar-refractivity contribution < 1.29 is 36.3 Å². The van der Waals surface area contributed by atoms with Gasteiger partial charge in [-0.1, -0.05) is 296 Å². The summed E-state index contributed by atoms with van der Waals surface area (Å²) in [6.45, 7) is 6.85. The van der Waals surface area contributed by atoms with Crippen LogP contribution in [0.15, 0.2) is 0 Å². The zero-order chi connectivity index (χ0) is 39.4. The summed E-state index contributed by atoms with van der Waals surface area (Å²) in [6, 6.07) is 0. The largest absolute Gasteiger partial charge is 1.00 e. The molecule has 0 atom stereocenters. The van der Waals surface area contributed by atoms with Crippen LogP contribution in [0.1, 0.15) is 322 Å². The highest BCUT2D eigenvalue weighted by atomic mass is 35.5. The molecule has 0 saturated heterocycles. The van der Waals surface area contributed by atoms with Crippen molar-refractivity contribution in [2.45, 2.75) is 322 Å². The van der Waals surface area contributed by atoms with E-state index in [2.05, 4.69) is 25.3 Å². The number of rotatable bonds is 48. The smallest absolute Gasteiger partial charge is 0.0739 e. The second-order valence-electron chi connectivity index (χ2n) is 18.0. The minimum absolute atomic E-state index is 0. The molecule has 0 bridgehead atoms. The van der Waals surface area contributed by atoms with Crippen LogP contribution >= 0.6 is 0 Å². The van der Waals surface area contributed by atoms with Gasteiger partial charge in [0.1, 0.15) is 0 Å². The predicted octanol–water partition coefficient (Wildman–Crippen LogP) is 11.2. The molecule has 0 rings (SSSR count). The van der Waals surface area contributed by atoms with Crippen molar-refractivity contribution in [1.29, 1.82) is 0 Å². The maximum absolute atomic E-state index is 3.91. The first-order valence-corrected chi connectivity index (χ1v) is 26.4. The molecule has 56 heavy (non-hydrogen) atoms. The minimum atomic E-state index is 0. The normalized spacial score (nSPS) is 10.9. The first kappa shape index (κ1) is 63.1. The lowest BCUT2D eigenvalue weighted by atomic mass is 10.0. The van der Waals surface area contributed by atoms with Gasteiger partial charge in [0.15, 0.2) is 0 Å². The SMILES string of the molecule is CCCCCCCCCCCCCCCCCCCCCCCCCC[NH3+].CCCCCCCCCCCCCCCCCCCCCCCCCC[NH3+].[Cl-].[Cl-]. The Morgan fingerprint density at radius 2 is 0.250 bits per heavy atom. The highest BCUT2D eigenvalue weighted by Crippen LogP contribution is 2.17. The van der Waals surface area contributed by atoms with Gasteiger partial charge in [-0.25, -0.2) is 0 Å². The van der Waals surface area contributed by atoms with Gasteiger partial charge in [-0.3, -0.25) is 0 Å². The van der Waals surface area contributed by atoms with E-state index in [4.69, 9.17) is 0 Å². The zero-order valence-electron chi connectivity index (χ0n) is 39.5. The predicted molar refractivity (Wildman–Crippen MR) is 248 cm³/mol. The van der Waals surface area contributed by atoms with Gasteiger partial charge >= 0.3 is 0 Å². The molecule has 0 amide bonds. The molecule has 0 aliphatic carbocycles. The Hall–Kier alpha value is 0.500. The van der Waals surface area contributed by atoms with E-state index in [1.807, 2.05) is 0 Å². The number of hydrogen-bond donors (Lipinski definition) is 2. The van der Waals surface area contributed by atoms with Crippen molar-refractivity contribution in [1.82, 2.24) is 0 Å². The molecule has 6 N–H and O–H groups in total. The molecule has 0 fully saturated rings. The third-order valence-electron chi connectivity index (χ3n) is 12.2. The average Bonchev–Trinajstić information content (AvgIpc) is 3.18. The average molecular weight is 836 g/mol. The van der Waals surface area contributed by atoms with E-state index in [-0.39, 0.29) is 24.8 Å². The summed E-state index contributed by atoms with van der Waals surface area (Å²) in [7, 11) is 0. The van der Waals surface area contributed by atoms with Gasteiger partial charge in [-0.05, 0) is 25.7 Å². The Bertz CT molecular complexity index is 491. The molecule has 0 aromatic rings. The molecule has 344 valence electrons. The van der Waals surface area contributed by atoms with Gasteiger partial charge in [0.25, 0.3) is 0 Å². The highest BCUT2D eigenvalue weighted by molar-refractivity contribution is 4.53. The molecule has 0 heterocycles. The van der Waals surface area contributed by atoms with Crippen LogP contribution in [0, 0.1) is 0 Å². The van der Waals surface area contributed by atoms with Gasteiger partial charge in [0, 0.05) is 0 Å². The zero-order valence-corrected chi connectivity index (χ0v) is 41.0. The Kier molecular flexibility index (Phi) is 72.9. The first-order valence-electron chi connectivity index (χ1n) is 26.4. The second kappa shape index (κ2) is 64.6. The molecular weight excluding hydrogens is 723 g/mol. The topological polar surface area (TPSA) is 55.3 Å². The third kappa shape index (κ3) is 66.3. The molecule has 2 nitrogen and oxygen atoms in total. The molecule has 4 heteroatoms. The Morgan fingerprint density at radius 1 is 0.161 bits per heavy atom. The van der Waals surface area contributed by atoms with Crippen LogP contribution in [0.25, 0.3) is 0 Å². The van der Waals surface area contributed by atoms with E-state index < -0.39 is 0 Å². The quantitative estimate of drug-likeness (QED) is 0.0574. The number of unbranched alkanes of at least 4 members (excludes halogenated alkanes) is 46. The summed E-state index contributed by atoms with van der Waals surface area (Å²) in [5.41, 5.74) is 7.82. The molecule has 0 aliphatic heterocycles. The molecule has 0 spiro atoms. The monoisotopic (exact) mass is 835 g/mol. The maximum Gasteiger partial charge on any atom is 0.0739 e. The summed E-state index contributed by atoms with van der Waals surface area (Å²) in [4.78, 5) is 0. The van der Waals surface area contributed by atoms with Crippen LogP contribution in [0.2, 0.25) is 0 Å². The van der Waals surface area contributed by atoms with Crippen LogP contribution in [0.4, 0.5) is 0 Å². The Labute approximate surface area is 369 Å². The van der Waals surface area contributed by atoms with E-state index in [1.54, 1.807) is 0 Å². The van der Waals surface area contributed by atoms with E-state index in [0.29, 0.717) is 0 Å². The molecule has 0 radical (unpaired) electrons. The van der Waals surface area contributed by atoms with Crippen molar-refractivity contribution in [2.24, 2.45) is 0 Å². The van der Waals surface area contributed by atoms with Crippen molar-refractivity contribution >= 4 is 0 Å². The third-order valence-corrected chi connectivity index (χ3v) is 12.2. The van der Waals surface area contributed by atoms with Crippen LogP contribution in [-0.2, 0) is 0 Å². The number of quaternary nitrogens is 2. The lowest BCUT2D eigenvalue weighted by Gasteiger charge is -2.04. The highest BCUT2D eigenvalue weighted by Gasteiger charge is 1.98. The summed E-state index contributed by atoms with van der Waals surface area (Å²) >= 11 is 0. The van der Waals surface area contributed by atoms with Gasteiger partial charge in [-0.2, -0.15) is 0 Å². The lowest BCUT2D eigenvalue weighted by molar-refractivity contribution is -0.368. The number of hydrogen-bond acceptors (Lipinski definition) is 0. The van der Waals surface area contributed by atoms with Crippen molar-refractivity contribution in [3.63, 3.8) is 0 Å². The van der Waals surface area contributed by atoms with Crippen molar-refractivity contribution in [3.05, 3.63) is 0 Å². The molecular formula is C52H112Cl2N2. The van der Waals surface area contributed by atoms with Gasteiger partial charge in [-0.15, -0.1) is 0 Å². The fraction of sp³-hybridized carbons (Fsp3) is 1.00. The number of halogens is 2. The van der Waals surface area contributed by atoms with Gasteiger partial charge < -0.3 is 36.3 Å². The fourth-order valence-corrected chi connectivity index (χ4v) is 8.28. The van der Waals surface area contributed by atoms with Crippen LogP contribution in [-0.4, -0.2) is 13.1 Å². The fourth-order valence-electron chi connectivity index (χ4n) is 8.28. The molecule has 0 aliphatic rings. The standard InChI is InChI=1S/2C26H55N.2ClH/c2*1-2-3-4-5-6-7-8-9-10-11-12-13-14-15-16-17-18-19-20-21-22-23-24-25-26-27;;/h2*2-27H2,1H3;2*1H. The van der Waals surface area contributed by atoms with E-state index in [1.165, 1.54) is 308 Å². The van der Waals surface area contributed by atoms with E-state index in [9.17, 15) is 0 Å². The van der Waals surface area contributed by atoms with E-state index in [0.717, 1.165) is 13.1 Å². The van der Waals surface area contributed by atoms with Crippen LogP contribution in [0.5, 0.6) is 0 Å². The Morgan fingerprint density at radius 3 is 0.339 bits per heavy atom. The minimum Gasteiger partial charge on any atom is -1.00 e. The summed E-state index contributed by atoms with van der Waals surface area (Å²) in [5.74, 6) is 0. The summed E-state index contributed by atoms with van der Waals surface area (Å²) < 4.78 is 0. The first-order chi connectivity index (χ1) is 26.8. The molecule has 0 aromatic heterocycles.